The average molecular weight is 327 g/mol. The zero-order valence-corrected chi connectivity index (χ0v) is 13.3. The van der Waals surface area contributed by atoms with Gasteiger partial charge >= 0.3 is 5.97 Å². The highest BCUT2D eigenvalue weighted by atomic mass is 32.2. The van der Waals surface area contributed by atoms with Crippen molar-refractivity contribution in [3.63, 3.8) is 0 Å². The van der Waals surface area contributed by atoms with Crippen LogP contribution in [0.4, 0.5) is 0 Å². The van der Waals surface area contributed by atoms with Gasteiger partial charge in [-0.05, 0) is 36.1 Å². The van der Waals surface area contributed by atoms with Crippen molar-refractivity contribution in [3.05, 3.63) is 71.3 Å². The molecule has 0 aliphatic heterocycles. The fourth-order valence-electron chi connectivity index (χ4n) is 2.31. The van der Waals surface area contributed by atoms with Crippen LogP contribution in [-0.4, -0.2) is 20.5 Å². The summed E-state index contributed by atoms with van der Waals surface area (Å²) in [7, 11) is -1.53. The molecular weight excluding hydrogens is 310 g/mol. The van der Waals surface area contributed by atoms with E-state index in [9.17, 15) is 14.1 Å². The van der Waals surface area contributed by atoms with E-state index in [1.54, 1.807) is 24.3 Å². The van der Waals surface area contributed by atoms with Crippen LogP contribution in [0, 0.1) is 11.3 Å². The lowest BCUT2D eigenvalue weighted by atomic mass is 10.1. The number of benzene rings is 2. The van der Waals surface area contributed by atoms with Crippen molar-refractivity contribution in [1.29, 1.82) is 5.26 Å². The van der Waals surface area contributed by atoms with Gasteiger partial charge < -0.3 is 5.11 Å². The molecule has 0 saturated heterocycles. The smallest absolute Gasteiger partial charge is 0.319 e. The number of carbonyl (C=O) groups is 1. The SMILES string of the molecule is N#Cc1cccc(CS(=O)C(CCc2ccccc2)C(=O)O)c1. The molecule has 5 heteroatoms. The third kappa shape index (κ3) is 5.04. The summed E-state index contributed by atoms with van der Waals surface area (Å²) < 4.78 is 12.4. The zero-order chi connectivity index (χ0) is 16.7. The van der Waals surface area contributed by atoms with Crippen LogP contribution in [0.1, 0.15) is 23.1 Å². The Morgan fingerprint density at radius 3 is 2.48 bits per heavy atom. The van der Waals surface area contributed by atoms with E-state index in [0.29, 0.717) is 24.0 Å². The maximum atomic E-state index is 12.4. The molecule has 0 spiro atoms. The maximum absolute atomic E-state index is 12.4. The van der Waals surface area contributed by atoms with Gasteiger partial charge in [-0.1, -0.05) is 42.5 Å². The number of aliphatic carboxylic acids is 1. The molecule has 0 aliphatic carbocycles. The molecule has 2 aromatic rings. The van der Waals surface area contributed by atoms with Crippen molar-refractivity contribution in [1.82, 2.24) is 0 Å². The molecule has 2 aromatic carbocycles. The fraction of sp³-hybridized carbons (Fsp3) is 0.222. The van der Waals surface area contributed by atoms with Crippen molar-refractivity contribution in [3.8, 4) is 6.07 Å². The summed E-state index contributed by atoms with van der Waals surface area (Å²) in [6, 6.07) is 18.4. The normalized spacial score (nSPS) is 13.0. The largest absolute Gasteiger partial charge is 0.480 e. The van der Waals surface area contributed by atoms with Crippen LogP contribution in [0.25, 0.3) is 0 Å². The number of rotatable bonds is 7. The number of hydrogen-bond acceptors (Lipinski definition) is 3. The Bertz CT molecular complexity index is 737. The molecule has 0 saturated carbocycles. The van der Waals surface area contributed by atoms with E-state index in [1.807, 2.05) is 36.4 Å². The summed E-state index contributed by atoms with van der Waals surface area (Å²) in [4.78, 5) is 11.4. The van der Waals surface area contributed by atoms with Crippen LogP contribution in [0.2, 0.25) is 0 Å². The van der Waals surface area contributed by atoms with Crippen LogP contribution < -0.4 is 0 Å². The summed E-state index contributed by atoms with van der Waals surface area (Å²) >= 11 is 0. The van der Waals surface area contributed by atoms with Crippen LogP contribution in [0.15, 0.2) is 54.6 Å². The molecule has 0 fully saturated rings. The van der Waals surface area contributed by atoms with E-state index in [0.717, 1.165) is 5.56 Å². The molecule has 0 aromatic heterocycles. The molecule has 2 atom stereocenters. The van der Waals surface area contributed by atoms with Crippen LogP contribution in [0.3, 0.4) is 0 Å². The topological polar surface area (TPSA) is 78.2 Å². The van der Waals surface area contributed by atoms with Crippen LogP contribution >= 0.6 is 0 Å². The Balaban J connectivity index is 2.03. The van der Waals surface area contributed by atoms with Crippen LogP contribution in [-0.2, 0) is 27.8 Å². The van der Waals surface area contributed by atoms with Gasteiger partial charge in [0.1, 0.15) is 5.25 Å². The van der Waals surface area contributed by atoms with Crippen molar-refractivity contribution >= 4 is 16.8 Å². The standard InChI is InChI=1S/C18H17NO3S/c19-12-15-7-4-8-16(11-15)13-23(22)17(18(20)21)10-9-14-5-2-1-3-6-14/h1-8,11,17H,9-10,13H2,(H,20,21). The lowest BCUT2D eigenvalue weighted by molar-refractivity contribution is -0.136. The lowest BCUT2D eigenvalue weighted by Gasteiger charge is -2.12. The first-order valence-corrected chi connectivity index (χ1v) is 8.61. The predicted octanol–water partition coefficient (Wildman–Crippen LogP) is 2.89. The first kappa shape index (κ1) is 16.9. The van der Waals surface area contributed by atoms with Gasteiger partial charge in [0.2, 0.25) is 0 Å². The molecule has 23 heavy (non-hydrogen) atoms. The minimum atomic E-state index is -1.53. The van der Waals surface area contributed by atoms with E-state index in [4.69, 9.17) is 5.26 Å². The second-order valence-electron chi connectivity index (χ2n) is 5.19. The molecule has 1 N–H and O–H groups in total. The molecule has 118 valence electrons. The van der Waals surface area contributed by atoms with Gasteiger partial charge in [-0.15, -0.1) is 0 Å². The highest BCUT2D eigenvalue weighted by molar-refractivity contribution is 7.85. The van der Waals surface area contributed by atoms with E-state index >= 15 is 0 Å². The Hall–Kier alpha value is -2.45. The second kappa shape index (κ2) is 8.25. The number of carboxylic acids is 1. The van der Waals surface area contributed by atoms with Gasteiger partial charge in [-0.2, -0.15) is 5.26 Å². The predicted molar refractivity (Wildman–Crippen MR) is 89.2 cm³/mol. The summed E-state index contributed by atoms with van der Waals surface area (Å²) in [5, 5.41) is 17.3. The number of nitrogens with zero attached hydrogens (tertiary/aromatic N) is 1. The summed E-state index contributed by atoms with van der Waals surface area (Å²) in [5.41, 5.74) is 2.23. The number of hydrogen-bond donors (Lipinski definition) is 1. The van der Waals surface area contributed by atoms with E-state index < -0.39 is 22.0 Å². The molecule has 0 radical (unpaired) electrons. The van der Waals surface area contributed by atoms with Crippen molar-refractivity contribution < 1.29 is 14.1 Å². The number of nitriles is 1. The van der Waals surface area contributed by atoms with E-state index in [1.165, 1.54) is 0 Å². The van der Waals surface area contributed by atoms with Crippen molar-refractivity contribution in [2.45, 2.75) is 23.8 Å². The average Bonchev–Trinajstić information content (AvgIpc) is 2.56. The fourth-order valence-corrected chi connectivity index (χ4v) is 3.62. The highest BCUT2D eigenvalue weighted by Gasteiger charge is 2.24. The summed E-state index contributed by atoms with van der Waals surface area (Å²) in [6.07, 6.45) is 0.895. The minimum absolute atomic E-state index is 0.140. The molecule has 0 amide bonds. The molecule has 2 rings (SSSR count). The summed E-state index contributed by atoms with van der Waals surface area (Å²) in [5.74, 6) is -0.905. The Kier molecular flexibility index (Phi) is 6.07. The lowest BCUT2D eigenvalue weighted by Crippen LogP contribution is -2.27. The highest BCUT2D eigenvalue weighted by Crippen LogP contribution is 2.15. The van der Waals surface area contributed by atoms with Crippen molar-refractivity contribution in [2.75, 3.05) is 0 Å². The molecule has 0 bridgehead atoms. The first-order chi connectivity index (χ1) is 11.1. The Morgan fingerprint density at radius 2 is 1.83 bits per heavy atom. The van der Waals surface area contributed by atoms with Gasteiger partial charge in [0, 0.05) is 16.6 Å². The van der Waals surface area contributed by atoms with Gasteiger partial charge in [0.25, 0.3) is 0 Å². The van der Waals surface area contributed by atoms with Gasteiger partial charge in [-0.3, -0.25) is 9.00 Å². The van der Waals surface area contributed by atoms with Gasteiger partial charge in [-0.25, -0.2) is 0 Å². The Morgan fingerprint density at radius 1 is 1.13 bits per heavy atom. The molecule has 0 heterocycles. The number of aryl methyl sites for hydroxylation is 1. The third-order valence-electron chi connectivity index (χ3n) is 3.50. The molecule has 2 unspecified atom stereocenters. The minimum Gasteiger partial charge on any atom is -0.480 e. The Labute approximate surface area is 137 Å². The second-order valence-corrected chi connectivity index (χ2v) is 6.81. The quantitative estimate of drug-likeness (QED) is 0.848. The summed E-state index contributed by atoms with van der Waals surface area (Å²) in [6.45, 7) is 0. The van der Waals surface area contributed by atoms with Crippen LogP contribution in [0.5, 0.6) is 0 Å². The van der Waals surface area contributed by atoms with E-state index in [-0.39, 0.29) is 5.75 Å². The molecule has 0 aliphatic rings. The monoisotopic (exact) mass is 327 g/mol. The first-order valence-electron chi connectivity index (χ1n) is 7.23. The number of carboxylic acid groups (broad SMARTS) is 1. The molecular formula is C18H17NO3S. The van der Waals surface area contributed by atoms with Gasteiger partial charge in [0.05, 0.1) is 11.6 Å². The van der Waals surface area contributed by atoms with Gasteiger partial charge in [0.15, 0.2) is 0 Å². The molecule has 4 nitrogen and oxygen atoms in total. The van der Waals surface area contributed by atoms with Crippen molar-refractivity contribution in [2.24, 2.45) is 0 Å². The van der Waals surface area contributed by atoms with E-state index in [2.05, 4.69) is 0 Å². The maximum Gasteiger partial charge on any atom is 0.319 e. The third-order valence-corrected chi connectivity index (χ3v) is 5.19. The zero-order valence-electron chi connectivity index (χ0n) is 12.5.